The van der Waals surface area contributed by atoms with Gasteiger partial charge in [0.25, 0.3) is 11.5 Å². The van der Waals surface area contributed by atoms with Crippen molar-refractivity contribution in [3.8, 4) is 22.6 Å². The summed E-state index contributed by atoms with van der Waals surface area (Å²) in [6, 6.07) is 18.8. The summed E-state index contributed by atoms with van der Waals surface area (Å²) in [6.07, 6.45) is 1.01. The van der Waals surface area contributed by atoms with Crippen molar-refractivity contribution in [1.82, 2.24) is 9.47 Å². The van der Waals surface area contributed by atoms with Crippen LogP contribution in [-0.2, 0) is 6.54 Å². The van der Waals surface area contributed by atoms with Crippen molar-refractivity contribution in [2.24, 2.45) is 5.92 Å². The average Bonchev–Trinajstić information content (AvgIpc) is 2.84. The highest BCUT2D eigenvalue weighted by Gasteiger charge is 2.37. The summed E-state index contributed by atoms with van der Waals surface area (Å²) in [7, 11) is 3.24. The Kier molecular flexibility index (Phi) is 5.21. The van der Waals surface area contributed by atoms with Crippen molar-refractivity contribution in [2.45, 2.75) is 18.9 Å². The zero-order chi connectivity index (χ0) is 22.2. The van der Waals surface area contributed by atoms with Gasteiger partial charge in [0.1, 0.15) is 11.5 Å². The lowest BCUT2D eigenvalue weighted by molar-refractivity contribution is 0.0594. The summed E-state index contributed by atoms with van der Waals surface area (Å²) >= 11 is 0. The molecule has 3 aromatic rings. The van der Waals surface area contributed by atoms with Crippen LogP contribution in [0.15, 0.2) is 65.5 Å². The maximum atomic E-state index is 13.3. The molecule has 0 radical (unpaired) electrons. The Morgan fingerprint density at radius 1 is 0.844 bits per heavy atom. The molecule has 5 rings (SSSR count). The van der Waals surface area contributed by atoms with Gasteiger partial charge in [0.2, 0.25) is 0 Å². The van der Waals surface area contributed by atoms with Crippen molar-refractivity contribution in [2.75, 3.05) is 27.3 Å². The SMILES string of the molecule is COc1ccc(C(=O)N2C[C@H]3C[C@H](C2)c2ccc(-c4ccc(OC)cc4)c(=O)n2C3)cc1. The van der Waals surface area contributed by atoms with Crippen LogP contribution in [0.4, 0.5) is 0 Å². The quantitative estimate of drug-likeness (QED) is 0.632. The summed E-state index contributed by atoms with van der Waals surface area (Å²) in [5.41, 5.74) is 3.31. The van der Waals surface area contributed by atoms with Crippen LogP contribution in [-0.4, -0.2) is 42.7 Å². The molecule has 0 spiro atoms. The first-order chi connectivity index (χ1) is 15.6. The van der Waals surface area contributed by atoms with E-state index in [2.05, 4.69) is 6.07 Å². The summed E-state index contributed by atoms with van der Waals surface area (Å²) in [5.74, 6) is 1.98. The molecule has 0 saturated carbocycles. The number of pyridine rings is 1. The number of hydrogen-bond donors (Lipinski definition) is 0. The van der Waals surface area contributed by atoms with Crippen molar-refractivity contribution >= 4 is 5.91 Å². The van der Waals surface area contributed by atoms with Gasteiger partial charge in [-0.2, -0.15) is 0 Å². The number of fused-ring (bicyclic) bond motifs is 4. The lowest BCUT2D eigenvalue weighted by atomic mass is 9.82. The van der Waals surface area contributed by atoms with Crippen molar-refractivity contribution in [1.29, 1.82) is 0 Å². The molecule has 0 N–H and O–H groups in total. The minimum atomic E-state index is 0.0352. The third-order valence-corrected chi connectivity index (χ3v) is 6.63. The first-order valence-electron chi connectivity index (χ1n) is 10.9. The molecular formula is C26H26N2O4. The topological polar surface area (TPSA) is 60.8 Å². The highest BCUT2D eigenvalue weighted by molar-refractivity contribution is 5.94. The van der Waals surface area contributed by atoms with Crippen LogP contribution in [0.25, 0.3) is 11.1 Å². The van der Waals surface area contributed by atoms with Gasteiger partial charge in [-0.1, -0.05) is 12.1 Å². The second-order valence-corrected chi connectivity index (χ2v) is 8.55. The highest BCUT2D eigenvalue weighted by atomic mass is 16.5. The normalized spacial score (nSPS) is 19.2. The van der Waals surface area contributed by atoms with Gasteiger partial charge in [-0.25, -0.2) is 0 Å². The zero-order valence-electron chi connectivity index (χ0n) is 18.3. The zero-order valence-corrected chi connectivity index (χ0v) is 18.3. The molecule has 6 nitrogen and oxygen atoms in total. The van der Waals surface area contributed by atoms with E-state index < -0.39 is 0 Å². The van der Waals surface area contributed by atoms with E-state index in [9.17, 15) is 9.59 Å². The van der Waals surface area contributed by atoms with Crippen LogP contribution in [0.2, 0.25) is 0 Å². The molecular weight excluding hydrogens is 404 g/mol. The number of rotatable bonds is 4. The van der Waals surface area contributed by atoms with E-state index in [-0.39, 0.29) is 23.3 Å². The third kappa shape index (κ3) is 3.55. The molecule has 2 atom stereocenters. The molecule has 1 amide bonds. The van der Waals surface area contributed by atoms with E-state index >= 15 is 0 Å². The second-order valence-electron chi connectivity index (χ2n) is 8.55. The summed E-state index contributed by atoms with van der Waals surface area (Å²) in [4.78, 5) is 28.4. The summed E-state index contributed by atoms with van der Waals surface area (Å²) < 4.78 is 12.3. The summed E-state index contributed by atoms with van der Waals surface area (Å²) in [6.45, 7) is 1.93. The van der Waals surface area contributed by atoms with Crippen molar-refractivity contribution in [3.63, 3.8) is 0 Å². The Hall–Kier alpha value is -3.54. The van der Waals surface area contributed by atoms with Gasteiger partial charge < -0.3 is 18.9 Å². The second kappa shape index (κ2) is 8.19. The number of nitrogens with zero attached hydrogens (tertiary/aromatic N) is 2. The number of piperidine rings is 1. The number of ether oxygens (including phenoxy) is 2. The van der Waals surface area contributed by atoms with Gasteiger partial charge >= 0.3 is 0 Å². The largest absolute Gasteiger partial charge is 0.497 e. The molecule has 0 unspecified atom stereocenters. The van der Waals surface area contributed by atoms with Crippen molar-refractivity contribution < 1.29 is 14.3 Å². The standard InChI is InChI=1S/C26H26N2O4/c1-31-21-7-3-18(4-8-21)23-11-12-24-20-13-17(15-28(24)26(23)30)14-27(16-20)25(29)19-5-9-22(32-2)10-6-19/h3-12,17,20H,13-16H2,1-2H3/t17-,20-/m1/s1. The Labute approximate surface area is 187 Å². The lowest BCUT2D eigenvalue weighted by Gasteiger charge is -2.43. The first-order valence-corrected chi connectivity index (χ1v) is 10.9. The molecule has 2 bridgehead atoms. The van der Waals surface area contributed by atoms with Crippen molar-refractivity contribution in [3.05, 3.63) is 82.3 Å². The smallest absolute Gasteiger partial charge is 0.258 e. The Morgan fingerprint density at radius 3 is 2.16 bits per heavy atom. The number of carbonyl (C=O) groups is 1. The van der Waals surface area contributed by atoms with Gasteiger partial charge in [-0.15, -0.1) is 0 Å². The number of carbonyl (C=O) groups excluding carboxylic acids is 1. The fraction of sp³-hybridized carbons (Fsp3) is 0.308. The molecule has 1 saturated heterocycles. The van der Waals surface area contributed by atoms with E-state index in [1.165, 1.54) is 0 Å². The fourth-order valence-corrected chi connectivity index (χ4v) is 5.02. The van der Waals surface area contributed by atoms with Crippen LogP contribution in [0.5, 0.6) is 11.5 Å². The van der Waals surface area contributed by atoms with Gasteiger partial charge in [-0.05, 0) is 66.4 Å². The average molecular weight is 431 g/mol. The number of methoxy groups -OCH3 is 2. The van der Waals surface area contributed by atoms with Crippen LogP contribution in [0, 0.1) is 5.92 Å². The van der Waals surface area contributed by atoms with E-state index in [1.807, 2.05) is 64.1 Å². The van der Waals surface area contributed by atoms with E-state index in [1.54, 1.807) is 14.2 Å². The van der Waals surface area contributed by atoms with Crippen LogP contribution >= 0.6 is 0 Å². The Bertz CT molecular complexity index is 1200. The van der Waals surface area contributed by atoms with Crippen LogP contribution in [0.3, 0.4) is 0 Å². The highest BCUT2D eigenvalue weighted by Crippen LogP contribution is 2.36. The number of amides is 1. The predicted octanol–water partition coefficient (Wildman–Crippen LogP) is 3.79. The molecule has 1 aromatic heterocycles. The minimum absolute atomic E-state index is 0.0352. The van der Waals surface area contributed by atoms with Gasteiger partial charge in [0.15, 0.2) is 0 Å². The van der Waals surface area contributed by atoms with E-state index in [0.717, 1.165) is 29.2 Å². The van der Waals surface area contributed by atoms with E-state index in [0.29, 0.717) is 30.8 Å². The monoisotopic (exact) mass is 430 g/mol. The van der Waals surface area contributed by atoms with Crippen LogP contribution in [0.1, 0.15) is 28.4 Å². The number of benzene rings is 2. The molecule has 1 fully saturated rings. The van der Waals surface area contributed by atoms with E-state index in [4.69, 9.17) is 9.47 Å². The molecule has 2 aliphatic heterocycles. The Morgan fingerprint density at radius 2 is 1.50 bits per heavy atom. The molecule has 3 heterocycles. The van der Waals surface area contributed by atoms with Gasteiger partial charge in [0, 0.05) is 42.4 Å². The number of hydrogen-bond acceptors (Lipinski definition) is 4. The molecule has 2 aromatic carbocycles. The minimum Gasteiger partial charge on any atom is -0.497 e. The van der Waals surface area contributed by atoms with Gasteiger partial charge in [-0.3, -0.25) is 9.59 Å². The van der Waals surface area contributed by atoms with Gasteiger partial charge in [0.05, 0.1) is 14.2 Å². The molecule has 32 heavy (non-hydrogen) atoms. The first kappa shape index (κ1) is 20.4. The Balaban J connectivity index is 1.41. The molecule has 6 heteroatoms. The lowest BCUT2D eigenvalue weighted by Crippen LogP contribution is -2.49. The summed E-state index contributed by atoms with van der Waals surface area (Å²) in [5, 5.41) is 0. The predicted molar refractivity (Wildman–Crippen MR) is 122 cm³/mol. The molecule has 2 aliphatic rings. The van der Waals surface area contributed by atoms with Crippen LogP contribution < -0.4 is 15.0 Å². The fourth-order valence-electron chi connectivity index (χ4n) is 5.02. The third-order valence-electron chi connectivity index (χ3n) is 6.63. The maximum Gasteiger partial charge on any atom is 0.258 e. The maximum absolute atomic E-state index is 13.3. The number of likely N-dealkylation sites (tertiary alicyclic amines) is 1. The molecule has 164 valence electrons. The molecule has 0 aliphatic carbocycles. The number of aromatic nitrogens is 1.